The summed E-state index contributed by atoms with van der Waals surface area (Å²) in [5, 5.41) is 7.13. The molecule has 1 aliphatic heterocycles. The fourth-order valence-electron chi connectivity index (χ4n) is 3.06. The zero-order valence-corrected chi connectivity index (χ0v) is 13.4. The van der Waals surface area contributed by atoms with E-state index >= 15 is 0 Å². The zero-order chi connectivity index (χ0) is 16.1. The quantitative estimate of drug-likeness (QED) is 0.938. The molecular formula is C16H22N6O. The van der Waals surface area contributed by atoms with Gasteiger partial charge in [-0.15, -0.1) is 0 Å². The number of piperidine rings is 1. The smallest absolute Gasteiger partial charge is 0.317 e. The van der Waals surface area contributed by atoms with Crippen molar-refractivity contribution in [2.45, 2.75) is 45.2 Å². The lowest BCUT2D eigenvalue weighted by atomic mass is 10.0. The second-order valence-electron chi connectivity index (χ2n) is 5.74. The average Bonchev–Trinajstić information content (AvgIpc) is 3.14. The summed E-state index contributed by atoms with van der Waals surface area (Å²) in [6.45, 7) is 3.41. The maximum atomic E-state index is 12.5. The molecule has 122 valence electrons. The van der Waals surface area contributed by atoms with Crippen LogP contribution in [0.1, 0.15) is 38.2 Å². The lowest BCUT2D eigenvalue weighted by Crippen LogP contribution is -2.48. The Labute approximate surface area is 135 Å². The van der Waals surface area contributed by atoms with E-state index in [1.165, 1.54) is 12.7 Å². The first-order valence-electron chi connectivity index (χ1n) is 8.13. The van der Waals surface area contributed by atoms with Gasteiger partial charge in [-0.1, -0.05) is 13.0 Å². The number of nitrogens with zero attached hydrogens (tertiary/aromatic N) is 5. The highest BCUT2D eigenvalue weighted by Gasteiger charge is 2.25. The standard InChI is InChI=1S/C16H22N6O/c1-2-14-7-3-4-9-21(14)16(23)19-10-13-6-5-8-18-15(13)22-12-17-11-20-22/h5-6,8,11-12,14H,2-4,7,9-10H2,1H3,(H,19,23). The lowest BCUT2D eigenvalue weighted by Gasteiger charge is -2.35. The summed E-state index contributed by atoms with van der Waals surface area (Å²) in [5.74, 6) is 0.691. The van der Waals surface area contributed by atoms with Crippen molar-refractivity contribution in [2.24, 2.45) is 0 Å². The van der Waals surface area contributed by atoms with E-state index in [9.17, 15) is 4.79 Å². The van der Waals surface area contributed by atoms with Gasteiger partial charge in [0.15, 0.2) is 5.82 Å². The monoisotopic (exact) mass is 314 g/mol. The number of likely N-dealkylation sites (tertiary alicyclic amines) is 1. The first-order valence-corrected chi connectivity index (χ1v) is 8.13. The molecular weight excluding hydrogens is 292 g/mol. The maximum Gasteiger partial charge on any atom is 0.317 e. The number of pyridine rings is 1. The molecule has 1 N–H and O–H groups in total. The molecule has 1 fully saturated rings. The fourth-order valence-corrected chi connectivity index (χ4v) is 3.06. The highest BCUT2D eigenvalue weighted by atomic mass is 16.2. The van der Waals surface area contributed by atoms with Gasteiger partial charge in [0.2, 0.25) is 0 Å². The summed E-state index contributed by atoms with van der Waals surface area (Å²) in [4.78, 5) is 22.7. The Morgan fingerprint density at radius 2 is 2.35 bits per heavy atom. The third-order valence-corrected chi connectivity index (χ3v) is 4.29. The molecule has 1 aliphatic rings. The lowest BCUT2D eigenvalue weighted by molar-refractivity contribution is 0.148. The number of hydrogen-bond acceptors (Lipinski definition) is 4. The van der Waals surface area contributed by atoms with E-state index in [2.05, 4.69) is 27.3 Å². The largest absolute Gasteiger partial charge is 0.334 e. The molecule has 0 aliphatic carbocycles. The first-order chi connectivity index (χ1) is 11.3. The molecule has 0 radical (unpaired) electrons. The summed E-state index contributed by atoms with van der Waals surface area (Å²) in [5.41, 5.74) is 0.913. The SMILES string of the molecule is CCC1CCCCN1C(=O)NCc1cccnc1-n1cncn1. The summed E-state index contributed by atoms with van der Waals surface area (Å²) in [7, 11) is 0. The number of urea groups is 1. The molecule has 1 saturated heterocycles. The van der Waals surface area contributed by atoms with Crippen LogP contribution in [0.4, 0.5) is 4.79 Å². The Hall–Kier alpha value is -2.44. The van der Waals surface area contributed by atoms with E-state index in [0.717, 1.165) is 31.4 Å². The summed E-state index contributed by atoms with van der Waals surface area (Å²) >= 11 is 0. The van der Waals surface area contributed by atoms with Crippen LogP contribution in [0.5, 0.6) is 0 Å². The minimum absolute atomic E-state index is 0.00458. The van der Waals surface area contributed by atoms with Crippen molar-refractivity contribution in [3.8, 4) is 5.82 Å². The van der Waals surface area contributed by atoms with Crippen LogP contribution in [0.15, 0.2) is 31.0 Å². The Morgan fingerprint density at radius 3 is 3.13 bits per heavy atom. The van der Waals surface area contributed by atoms with Gasteiger partial charge in [0, 0.05) is 30.9 Å². The Bertz CT molecular complexity index is 642. The highest BCUT2D eigenvalue weighted by Crippen LogP contribution is 2.19. The fraction of sp³-hybridized carbons (Fsp3) is 0.500. The number of carbonyl (C=O) groups excluding carboxylic acids is 1. The molecule has 1 atom stereocenters. The number of aromatic nitrogens is 4. The Morgan fingerprint density at radius 1 is 1.43 bits per heavy atom. The van der Waals surface area contributed by atoms with Crippen LogP contribution in [-0.2, 0) is 6.54 Å². The maximum absolute atomic E-state index is 12.5. The number of carbonyl (C=O) groups is 1. The minimum Gasteiger partial charge on any atom is -0.334 e. The molecule has 2 amide bonds. The number of rotatable bonds is 4. The molecule has 0 bridgehead atoms. The molecule has 2 aromatic heterocycles. The number of hydrogen-bond donors (Lipinski definition) is 1. The van der Waals surface area contributed by atoms with E-state index in [1.54, 1.807) is 17.2 Å². The van der Waals surface area contributed by atoms with Gasteiger partial charge in [-0.2, -0.15) is 5.10 Å². The van der Waals surface area contributed by atoms with Crippen molar-refractivity contribution in [1.29, 1.82) is 0 Å². The van der Waals surface area contributed by atoms with E-state index < -0.39 is 0 Å². The van der Waals surface area contributed by atoms with E-state index in [0.29, 0.717) is 18.4 Å². The Kier molecular flexibility index (Phi) is 4.85. The number of amides is 2. The van der Waals surface area contributed by atoms with Crippen molar-refractivity contribution in [3.05, 3.63) is 36.5 Å². The summed E-state index contributed by atoms with van der Waals surface area (Å²) in [6, 6.07) is 4.16. The average molecular weight is 314 g/mol. The van der Waals surface area contributed by atoms with Gasteiger partial charge in [0.1, 0.15) is 12.7 Å². The predicted molar refractivity (Wildman–Crippen MR) is 86.0 cm³/mol. The van der Waals surface area contributed by atoms with Crippen LogP contribution >= 0.6 is 0 Å². The van der Waals surface area contributed by atoms with Crippen LogP contribution in [-0.4, -0.2) is 43.3 Å². The molecule has 7 heteroatoms. The molecule has 2 aromatic rings. The molecule has 3 heterocycles. The van der Waals surface area contributed by atoms with Crippen LogP contribution in [0.25, 0.3) is 5.82 Å². The zero-order valence-electron chi connectivity index (χ0n) is 13.4. The van der Waals surface area contributed by atoms with Crippen molar-refractivity contribution >= 4 is 6.03 Å². The van der Waals surface area contributed by atoms with Crippen molar-refractivity contribution in [1.82, 2.24) is 30.0 Å². The number of nitrogens with one attached hydrogen (secondary N) is 1. The van der Waals surface area contributed by atoms with E-state index in [1.807, 2.05) is 17.0 Å². The summed E-state index contributed by atoms with van der Waals surface area (Å²) < 4.78 is 1.61. The van der Waals surface area contributed by atoms with E-state index in [4.69, 9.17) is 0 Å². The van der Waals surface area contributed by atoms with Crippen LogP contribution in [0.2, 0.25) is 0 Å². The third-order valence-electron chi connectivity index (χ3n) is 4.29. The molecule has 3 rings (SSSR count). The van der Waals surface area contributed by atoms with Crippen molar-refractivity contribution in [3.63, 3.8) is 0 Å². The molecule has 0 spiro atoms. The third kappa shape index (κ3) is 3.49. The summed E-state index contributed by atoms with van der Waals surface area (Å²) in [6.07, 6.45) is 9.18. The molecule has 0 aromatic carbocycles. The molecule has 7 nitrogen and oxygen atoms in total. The molecule has 1 unspecified atom stereocenters. The van der Waals surface area contributed by atoms with Gasteiger partial charge < -0.3 is 10.2 Å². The van der Waals surface area contributed by atoms with E-state index in [-0.39, 0.29) is 6.03 Å². The highest BCUT2D eigenvalue weighted by molar-refractivity contribution is 5.74. The van der Waals surface area contributed by atoms with Crippen molar-refractivity contribution < 1.29 is 4.79 Å². The molecule has 23 heavy (non-hydrogen) atoms. The van der Waals surface area contributed by atoms with Crippen LogP contribution in [0.3, 0.4) is 0 Å². The van der Waals surface area contributed by atoms with Crippen LogP contribution in [0, 0.1) is 0 Å². The van der Waals surface area contributed by atoms with Gasteiger partial charge in [-0.25, -0.2) is 19.4 Å². The first kappa shape index (κ1) is 15.5. The van der Waals surface area contributed by atoms with Gasteiger partial charge in [-0.3, -0.25) is 0 Å². The minimum atomic E-state index is 0.00458. The van der Waals surface area contributed by atoms with Gasteiger partial charge >= 0.3 is 6.03 Å². The normalized spacial score (nSPS) is 18.0. The second kappa shape index (κ2) is 7.21. The Balaban J connectivity index is 1.68. The van der Waals surface area contributed by atoms with Crippen LogP contribution < -0.4 is 5.32 Å². The predicted octanol–water partition coefficient (Wildman–Crippen LogP) is 2.14. The second-order valence-corrected chi connectivity index (χ2v) is 5.74. The van der Waals surface area contributed by atoms with Gasteiger partial charge in [0.05, 0.1) is 0 Å². The van der Waals surface area contributed by atoms with Gasteiger partial charge in [0.25, 0.3) is 0 Å². The topological polar surface area (TPSA) is 75.9 Å². The van der Waals surface area contributed by atoms with Crippen molar-refractivity contribution in [2.75, 3.05) is 6.54 Å². The van der Waals surface area contributed by atoms with Gasteiger partial charge in [-0.05, 0) is 31.7 Å². The molecule has 0 saturated carbocycles.